The van der Waals surface area contributed by atoms with Gasteiger partial charge in [-0.15, -0.1) is 10.2 Å². The summed E-state index contributed by atoms with van der Waals surface area (Å²) < 4.78 is 5.30. The molecule has 0 saturated carbocycles. The molecule has 1 aromatic heterocycles. The van der Waals surface area contributed by atoms with Gasteiger partial charge in [-0.1, -0.05) is 6.92 Å². The summed E-state index contributed by atoms with van der Waals surface area (Å²) >= 11 is 0. The van der Waals surface area contributed by atoms with E-state index in [1.165, 1.54) is 19.4 Å². The zero-order valence-electron chi connectivity index (χ0n) is 10.1. The molecule has 1 atom stereocenters. The fraction of sp³-hybridized carbons (Fsp3) is 0.818. The Hall–Kier alpha value is -0.940. The number of hydrogen-bond donors (Lipinski definition) is 1. The van der Waals surface area contributed by atoms with Gasteiger partial charge in [-0.3, -0.25) is 4.90 Å². The standard InChI is InChI=1S/C11H20N4O/c1-3-15-6-4-5-10(15)7-12-8-11-14-13-9(2)16-11/h10,12H,3-8H2,1-2H3. The van der Waals surface area contributed by atoms with Gasteiger partial charge in [0.25, 0.3) is 0 Å². The average molecular weight is 224 g/mol. The fourth-order valence-electron chi connectivity index (χ4n) is 2.30. The summed E-state index contributed by atoms with van der Waals surface area (Å²) in [6.07, 6.45) is 2.61. The highest BCUT2D eigenvalue weighted by molar-refractivity contribution is 4.82. The summed E-state index contributed by atoms with van der Waals surface area (Å²) in [6.45, 7) is 8.10. The van der Waals surface area contributed by atoms with Crippen LogP contribution in [0.1, 0.15) is 31.5 Å². The number of nitrogens with zero attached hydrogens (tertiary/aromatic N) is 3. The van der Waals surface area contributed by atoms with E-state index >= 15 is 0 Å². The summed E-state index contributed by atoms with van der Waals surface area (Å²) in [6, 6.07) is 0.675. The van der Waals surface area contributed by atoms with Crippen LogP contribution in [0.25, 0.3) is 0 Å². The maximum absolute atomic E-state index is 5.30. The van der Waals surface area contributed by atoms with Gasteiger partial charge in [0, 0.05) is 19.5 Å². The van der Waals surface area contributed by atoms with Gasteiger partial charge in [0.15, 0.2) is 0 Å². The van der Waals surface area contributed by atoms with Gasteiger partial charge in [0.05, 0.1) is 6.54 Å². The molecule has 0 amide bonds. The zero-order chi connectivity index (χ0) is 11.4. The smallest absolute Gasteiger partial charge is 0.230 e. The molecule has 0 aliphatic carbocycles. The number of likely N-dealkylation sites (tertiary alicyclic amines) is 1. The maximum Gasteiger partial charge on any atom is 0.230 e. The first-order chi connectivity index (χ1) is 7.79. The molecule has 0 spiro atoms. The van der Waals surface area contributed by atoms with Crippen LogP contribution in [-0.2, 0) is 6.54 Å². The van der Waals surface area contributed by atoms with Gasteiger partial charge < -0.3 is 9.73 Å². The fourth-order valence-corrected chi connectivity index (χ4v) is 2.30. The molecule has 5 heteroatoms. The molecule has 0 radical (unpaired) electrons. The quantitative estimate of drug-likeness (QED) is 0.807. The lowest BCUT2D eigenvalue weighted by atomic mass is 10.2. The van der Waals surface area contributed by atoms with Gasteiger partial charge in [-0.2, -0.15) is 0 Å². The Morgan fingerprint density at radius 3 is 3.06 bits per heavy atom. The third-order valence-electron chi connectivity index (χ3n) is 3.13. The molecule has 1 saturated heterocycles. The Morgan fingerprint density at radius 1 is 1.50 bits per heavy atom. The number of aromatic nitrogens is 2. The highest BCUT2D eigenvalue weighted by atomic mass is 16.4. The third kappa shape index (κ3) is 2.80. The minimum Gasteiger partial charge on any atom is -0.424 e. The molecule has 90 valence electrons. The van der Waals surface area contributed by atoms with E-state index in [0.29, 0.717) is 24.4 Å². The van der Waals surface area contributed by atoms with Crippen LogP contribution in [0, 0.1) is 6.92 Å². The SMILES string of the molecule is CCN1CCCC1CNCc1nnc(C)o1. The molecule has 1 aromatic rings. The normalized spacial score (nSPS) is 21.8. The minimum atomic E-state index is 0.632. The van der Waals surface area contributed by atoms with Crippen molar-refractivity contribution in [2.24, 2.45) is 0 Å². The van der Waals surface area contributed by atoms with Crippen molar-refractivity contribution in [2.75, 3.05) is 19.6 Å². The van der Waals surface area contributed by atoms with E-state index < -0.39 is 0 Å². The molecule has 1 aliphatic heterocycles. The van der Waals surface area contributed by atoms with Crippen LogP contribution in [0.5, 0.6) is 0 Å². The first-order valence-electron chi connectivity index (χ1n) is 6.03. The topological polar surface area (TPSA) is 54.2 Å². The highest BCUT2D eigenvalue weighted by Crippen LogP contribution is 2.15. The summed E-state index contributed by atoms with van der Waals surface area (Å²) in [5.41, 5.74) is 0. The van der Waals surface area contributed by atoms with Crippen LogP contribution < -0.4 is 5.32 Å². The Kier molecular flexibility index (Phi) is 3.90. The van der Waals surface area contributed by atoms with E-state index in [0.717, 1.165) is 13.1 Å². The molecule has 16 heavy (non-hydrogen) atoms. The summed E-state index contributed by atoms with van der Waals surface area (Å²) in [7, 11) is 0. The van der Waals surface area contributed by atoms with E-state index in [1.54, 1.807) is 0 Å². The Morgan fingerprint density at radius 2 is 2.38 bits per heavy atom. The molecule has 2 heterocycles. The van der Waals surface area contributed by atoms with E-state index in [-0.39, 0.29) is 0 Å². The van der Waals surface area contributed by atoms with Gasteiger partial charge in [0.1, 0.15) is 0 Å². The lowest BCUT2D eigenvalue weighted by Gasteiger charge is -2.22. The maximum atomic E-state index is 5.30. The molecule has 0 aromatic carbocycles. The summed E-state index contributed by atoms with van der Waals surface area (Å²) in [4.78, 5) is 2.52. The molecule has 1 aliphatic rings. The number of likely N-dealkylation sites (N-methyl/N-ethyl adjacent to an activating group) is 1. The van der Waals surface area contributed by atoms with E-state index in [9.17, 15) is 0 Å². The second kappa shape index (κ2) is 5.41. The first kappa shape index (κ1) is 11.5. The zero-order valence-corrected chi connectivity index (χ0v) is 10.1. The second-order valence-corrected chi connectivity index (χ2v) is 4.27. The van der Waals surface area contributed by atoms with Crippen molar-refractivity contribution in [1.82, 2.24) is 20.4 Å². The van der Waals surface area contributed by atoms with Gasteiger partial charge in [-0.25, -0.2) is 0 Å². The number of nitrogens with one attached hydrogen (secondary N) is 1. The van der Waals surface area contributed by atoms with Crippen molar-refractivity contribution in [2.45, 2.75) is 39.3 Å². The van der Waals surface area contributed by atoms with E-state index in [4.69, 9.17) is 4.42 Å². The second-order valence-electron chi connectivity index (χ2n) is 4.27. The van der Waals surface area contributed by atoms with Gasteiger partial charge in [0.2, 0.25) is 11.8 Å². The van der Waals surface area contributed by atoms with Crippen LogP contribution in [0.15, 0.2) is 4.42 Å². The monoisotopic (exact) mass is 224 g/mol. The summed E-state index contributed by atoms with van der Waals surface area (Å²) in [5.74, 6) is 1.31. The molecule has 2 rings (SSSR count). The Bertz CT molecular complexity index is 326. The van der Waals surface area contributed by atoms with Crippen LogP contribution in [-0.4, -0.2) is 40.8 Å². The lowest BCUT2D eigenvalue weighted by molar-refractivity contribution is 0.257. The molecular weight excluding hydrogens is 204 g/mol. The van der Waals surface area contributed by atoms with Crippen molar-refractivity contribution in [3.8, 4) is 0 Å². The van der Waals surface area contributed by atoms with Gasteiger partial charge in [-0.05, 0) is 25.9 Å². The number of rotatable bonds is 5. The van der Waals surface area contributed by atoms with Crippen molar-refractivity contribution < 1.29 is 4.42 Å². The predicted octanol–water partition coefficient (Wildman–Crippen LogP) is 0.952. The molecule has 5 nitrogen and oxygen atoms in total. The van der Waals surface area contributed by atoms with Crippen LogP contribution in [0.2, 0.25) is 0 Å². The predicted molar refractivity (Wildman–Crippen MR) is 61.0 cm³/mol. The van der Waals surface area contributed by atoms with Crippen LogP contribution in [0.3, 0.4) is 0 Å². The van der Waals surface area contributed by atoms with Crippen molar-refractivity contribution >= 4 is 0 Å². The lowest BCUT2D eigenvalue weighted by Crippen LogP contribution is -2.37. The number of hydrogen-bond acceptors (Lipinski definition) is 5. The van der Waals surface area contributed by atoms with Crippen molar-refractivity contribution in [3.05, 3.63) is 11.8 Å². The molecule has 1 unspecified atom stereocenters. The largest absolute Gasteiger partial charge is 0.424 e. The first-order valence-corrected chi connectivity index (χ1v) is 6.03. The average Bonchev–Trinajstić information content (AvgIpc) is 2.87. The van der Waals surface area contributed by atoms with Crippen LogP contribution >= 0.6 is 0 Å². The van der Waals surface area contributed by atoms with Crippen LogP contribution in [0.4, 0.5) is 0 Å². The van der Waals surface area contributed by atoms with Crippen molar-refractivity contribution in [1.29, 1.82) is 0 Å². The van der Waals surface area contributed by atoms with Gasteiger partial charge >= 0.3 is 0 Å². The Balaban J connectivity index is 1.71. The summed E-state index contributed by atoms with van der Waals surface area (Å²) in [5, 5.41) is 11.1. The van der Waals surface area contributed by atoms with Crippen molar-refractivity contribution in [3.63, 3.8) is 0 Å². The molecule has 1 N–H and O–H groups in total. The minimum absolute atomic E-state index is 0.632. The van der Waals surface area contributed by atoms with E-state index in [2.05, 4.69) is 27.3 Å². The molecular formula is C11H20N4O. The van der Waals surface area contributed by atoms with E-state index in [1.807, 2.05) is 6.92 Å². The molecule has 1 fully saturated rings. The molecule has 0 bridgehead atoms. The Labute approximate surface area is 96.2 Å². The highest BCUT2D eigenvalue weighted by Gasteiger charge is 2.22. The third-order valence-corrected chi connectivity index (χ3v) is 3.13. The number of aryl methyl sites for hydroxylation is 1.